The minimum absolute atomic E-state index is 0.0805. The van der Waals surface area contributed by atoms with Crippen molar-refractivity contribution in [3.63, 3.8) is 0 Å². The fraction of sp³-hybridized carbons (Fsp3) is 0.353. The zero-order valence-electron chi connectivity index (χ0n) is 28.3. The first-order valence-electron chi connectivity index (χ1n) is 15.7. The van der Waals surface area contributed by atoms with Gasteiger partial charge in [-0.15, -0.1) is 0 Å². The Morgan fingerprint density at radius 2 is 1.84 bits per heavy atom. The molecule has 0 N–H and O–H groups in total. The van der Waals surface area contributed by atoms with E-state index in [1.807, 2.05) is 46.8 Å². The Bertz CT molecular complexity index is 2060. The van der Waals surface area contributed by atoms with Gasteiger partial charge in [0, 0.05) is 50.5 Å². The molecule has 0 spiro atoms. The molecule has 49 heavy (non-hydrogen) atoms. The monoisotopic (exact) mass is 690 g/mol. The van der Waals surface area contributed by atoms with Crippen LogP contribution in [0.5, 0.6) is 11.5 Å². The van der Waals surface area contributed by atoms with Gasteiger partial charge in [0.1, 0.15) is 17.3 Å². The fourth-order valence-electron chi connectivity index (χ4n) is 5.77. The van der Waals surface area contributed by atoms with Crippen LogP contribution in [0.1, 0.15) is 36.7 Å². The number of sulfone groups is 1. The van der Waals surface area contributed by atoms with Gasteiger partial charge in [-0.25, -0.2) is 22.5 Å². The van der Waals surface area contributed by atoms with Crippen molar-refractivity contribution >= 4 is 33.1 Å². The van der Waals surface area contributed by atoms with Gasteiger partial charge >= 0.3 is 0 Å². The minimum Gasteiger partial charge on any atom is -0.497 e. The average Bonchev–Trinajstić information content (AvgIpc) is 3.71. The van der Waals surface area contributed by atoms with Gasteiger partial charge < -0.3 is 24.0 Å². The van der Waals surface area contributed by atoms with E-state index >= 15 is 4.39 Å². The standard InChI is InChI=1S/C34H39FN8O5S/c1-22-17-29(39-43(22)30-9-7-8-16-48-30)42(20-23-10-12-25(46-4)13-11-23)33-32(47-5)31(24-19-36-40(2)21-24)37-34(38-33)41(3)28-15-14-26(18-27(28)35)49(6,44)45/h10-15,17-19,21,30H,7-9,16,20H2,1-6H3. The third-order valence-electron chi connectivity index (χ3n) is 8.40. The number of nitrogens with zero attached hydrogens (tertiary/aromatic N) is 8. The van der Waals surface area contributed by atoms with Crippen molar-refractivity contribution in [2.45, 2.75) is 43.9 Å². The molecule has 15 heteroatoms. The summed E-state index contributed by atoms with van der Waals surface area (Å²) >= 11 is 0. The molecule has 13 nitrogen and oxygen atoms in total. The summed E-state index contributed by atoms with van der Waals surface area (Å²) in [5, 5.41) is 9.38. The molecular weight excluding hydrogens is 651 g/mol. The summed E-state index contributed by atoms with van der Waals surface area (Å²) in [5.74, 6) is 1.42. The lowest BCUT2D eigenvalue weighted by molar-refractivity contribution is -0.0405. The lowest BCUT2D eigenvalue weighted by Crippen LogP contribution is -2.24. The van der Waals surface area contributed by atoms with E-state index in [0.29, 0.717) is 41.8 Å². The van der Waals surface area contributed by atoms with E-state index in [9.17, 15) is 8.42 Å². The minimum atomic E-state index is -3.62. The highest BCUT2D eigenvalue weighted by Gasteiger charge is 2.29. The summed E-state index contributed by atoms with van der Waals surface area (Å²) in [7, 11) is 2.95. The number of anilines is 4. The smallest absolute Gasteiger partial charge is 0.232 e. The van der Waals surface area contributed by atoms with Crippen molar-refractivity contribution in [1.82, 2.24) is 29.5 Å². The number of hydrogen-bond donors (Lipinski definition) is 0. The van der Waals surface area contributed by atoms with Crippen molar-refractivity contribution in [3.05, 3.63) is 78.0 Å². The fourth-order valence-corrected chi connectivity index (χ4v) is 6.41. The van der Waals surface area contributed by atoms with E-state index in [4.69, 9.17) is 29.3 Å². The number of ether oxygens (including phenoxy) is 3. The van der Waals surface area contributed by atoms with E-state index in [1.54, 1.807) is 45.4 Å². The van der Waals surface area contributed by atoms with Gasteiger partial charge in [-0.3, -0.25) is 4.68 Å². The molecule has 1 saturated heterocycles. The first-order chi connectivity index (χ1) is 23.5. The molecule has 0 radical (unpaired) electrons. The van der Waals surface area contributed by atoms with Crippen LogP contribution in [0.3, 0.4) is 0 Å². The lowest BCUT2D eigenvalue weighted by Gasteiger charge is -2.27. The predicted octanol–water partition coefficient (Wildman–Crippen LogP) is 5.75. The molecule has 1 atom stereocenters. The number of aryl methyl sites for hydroxylation is 2. The van der Waals surface area contributed by atoms with Crippen LogP contribution in [-0.2, 0) is 28.2 Å². The molecule has 258 valence electrons. The van der Waals surface area contributed by atoms with Crippen LogP contribution in [-0.4, -0.2) is 72.1 Å². The zero-order chi connectivity index (χ0) is 34.9. The number of methoxy groups -OCH3 is 2. The molecule has 4 heterocycles. The highest BCUT2D eigenvalue weighted by molar-refractivity contribution is 7.90. The van der Waals surface area contributed by atoms with Crippen LogP contribution >= 0.6 is 0 Å². The van der Waals surface area contributed by atoms with Crippen LogP contribution in [0.2, 0.25) is 0 Å². The summed E-state index contributed by atoms with van der Waals surface area (Å²) in [6, 6.07) is 13.4. The highest BCUT2D eigenvalue weighted by Crippen LogP contribution is 2.42. The van der Waals surface area contributed by atoms with Crippen LogP contribution in [0.25, 0.3) is 11.3 Å². The Hall–Kier alpha value is -5.02. The molecule has 5 aromatic rings. The molecule has 1 aliphatic heterocycles. The molecule has 1 aliphatic rings. The number of rotatable bonds is 11. The quantitative estimate of drug-likeness (QED) is 0.168. The number of benzene rings is 2. The summed E-state index contributed by atoms with van der Waals surface area (Å²) in [5.41, 5.74) is 2.99. The molecule has 0 saturated carbocycles. The molecular formula is C34H39FN8O5S. The molecule has 6 rings (SSSR count). The molecule has 1 fully saturated rings. The first kappa shape index (κ1) is 33.9. The predicted molar refractivity (Wildman–Crippen MR) is 183 cm³/mol. The Morgan fingerprint density at radius 3 is 2.45 bits per heavy atom. The summed E-state index contributed by atoms with van der Waals surface area (Å²) in [4.78, 5) is 13.1. The van der Waals surface area contributed by atoms with E-state index < -0.39 is 15.7 Å². The Morgan fingerprint density at radius 1 is 1.06 bits per heavy atom. The van der Waals surface area contributed by atoms with Crippen molar-refractivity contribution in [1.29, 1.82) is 0 Å². The maximum Gasteiger partial charge on any atom is 0.232 e. The van der Waals surface area contributed by atoms with E-state index in [1.165, 1.54) is 17.0 Å². The van der Waals surface area contributed by atoms with Gasteiger partial charge in [0.2, 0.25) is 5.95 Å². The topological polar surface area (TPSA) is 130 Å². The second kappa shape index (κ2) is 13.8. The van der Waals surface area contributed by atoms with Crippen LogP contribution < -0.4 is 19.3 Å². The van der Waals surface area contributed by atoms with Crippen molar-refractivity contribution < 1.29 is 27.0 Å². The second-order valence-corrected chi connectivity index (χ2v) is 13.9. The molecule has 0 bridgehead atoms. The van der Waals surface area contributed by atoms with Crippen LogP contribution in [0.4, 0.5) is 27.7 Å². The highest BCUT2D eigenvalue weighted by atomic mass is 32.2. The van der Waals surface area contributed by atoms with Gasteiger partial charge in [0.05, 0.1) is 37.5 Å². The van der Waals surface area contributed by atoms with Crippen molar-refractivity contribution in [2.24, 2.45) is 7.05 Å². The normalized spacial score (nSPS) is 14.9. The van der Waals surface area contributed by atoms with Gasteiger partial charge in [0.25, 0.3) is 0 Å². The number of hydrogen-bond acceptors (Lipinski definition) is 11. The lowest BCUT2D eigenvalue weighted by atomic mass is 10.1. The van der Waals surface area contributed by atoms with E-state index in [0.717, 1.165) is 48.6 Å². The molecule has 2 aromatic carbocycles. The maximum absolute atomic E-state index is 15.5. The third-order valence-corrected chi connectivity index (χ3v) is 9.51. The number of aromatic nitrogens is 6. The zero-order valence-corrected chi connectivity index (χ0v) is 29.1. The molecule has 0 aliphatic carbocycles. The van der Waals surface area contributed by atoms with Gasteiger partial charge in [-0.1, -0.05) is 12.1 Å². The third kappa shape index (κ3) is 7.08. The Labute approximate surface area is 284 Å². The van der Waals surface area contributed by atoms with Crippen molar-refractivity contribution in [3.8, 4) is 22.8 Å². The van der Waals surface area contributed by atoms with Gasteiger partial charge in [0.15, 0.2) is 33.5 Å². The Balaban J connectivity index is 1.55. The average molecular weight is 691 g/mol. The van der Waals surface area contributed by atoms with E-state index in [2.05, 4.69) is 5.10 Å². The summed E-state index contributed by atoms with van der Waals surface area (Å²) in [6.07, 6.45) is 7.20. The van der Waals surface area contributed by atoms with Crippen molar-refractivity contribution in [2.75, 3.05) is 43.9 Å². The maximum atomic E-state index is 15.5. The second-order valence-electron chi connectivity index (χ2n) is 11.9. The van der Waals surface area contributed by atoms with Gasteiger partial charge in [-0.05, 0) is 62.1 Å². The van der Waals surface area contributed by atoms with Crippen LogP contribution in [0, 0.1) is 12.7 Å². The number of halogens is 1. The van der Waals surface area contributed by atoms with Crippen LogP contribution in [0.15, 0.2) is 65.8 Å². The summed E-state index contributed by atoms with van der Waals surface area (Å²) < 4.78 is 60.8. The molecule has 1 unspecified atom stereocenters. The SMILES string of the molecule is COc1ccc(CN(c2cc(C)n(C3CCCCO3)n2)c2nc(N(C)c3ccc(S(C)(=O)=O)cc3F)nc(-c3cnn(C)c3)c2OC)cc1. The summed E-state index contributed by atoms with van der Waals surface area (Å²) in [6.45, 7) is 2.98. The largest absolute Gasteiger partial charge is 0.497 e. The molecule has 3 aromatic heterocycles. The van der Waals surface area contributed by atoms with Gasteiger partial charge in [-0.2, -0.15) is 15.2 Å². The van der Waals surface area contributed by atoms with E-state index in [-0.39, 0.29) is 22.8 Å². The first-order valence-corrected chi connectivity index (χ1v) is 17.6. The molecule has 0 amide bonds. The Kier molecular flexibility index (Phi) is 9.56.